The third-order valence-corrected chi connectivity index (χ3v) is 5.18. The lowest BCUT2D eigenvalue weighted by Crippen LogP contribution is -2.30. The Bertz CT molecular complexity index is 540. The van der Waals surface area contributed by atoms with Crippen molar-refractivity contribution in [2.45, 2.75) is 31.1 Å². The first-order valence-electron chi connectivity index (χ1n) is 6.44. The van der Waals surface area contributed by atoms with Gasteiger partial charge in [0.05, 0.1) is 4.90 Å². The minimum Gasteiger partial charge on any atom is -0.399 e. The number of halogens is 1. The van der Waals surface area contributed by atoms with Gasteiger partial charge in [0.2, 0.25) is 10.0 Å². The zero-order valence-electron chi connectivity index (χ0n) is 10.9. The van der Waals surface area contributed by atoms with Crippen LogP contribution in [0.2, 0.25) is 0 Å². The molecule has 0 radical (unpaired) electrons. The molecule has 6 heteroatoms. The maximum atomic E-state index is 13.2. The summed E-state index contributed by atoms with van der Waals surface area (Å²) in [6.45, 7) is 2.53. The lowest BCUT2D eigenvalue weighted by molar-refractivity contribution is 0.414. The first kappa shape index (κ1) is 14.3. The lowest BCUT2D eigenvalue weighted by Gasteiger charge is -2.16. The Kier molecular flexibility index (Phi) is 4.10. The predicted octanol–water partition coefficient (Wildman–Crippen LogP) is 2.12. The summed E-state index contributed by atoms with van der Waals surface area (Å²) in [7, 11) is -3.69. The Morgan fingerprint density at radius 1 is 1.37 bits per heavy atom. The highest BCUT2D eigenvalue weighted by atomic mass is 32.2. The fraction of sp³-hybridized carbons (Fsp3) is 0.538. The van der Waals surface area contributed by atoms with Gasteiger partial charge in [-0.25, -0.2) is 17.5 Å². The zero-order chi connectivity index (χ0) is 14.0. The van der Waals surface area contributed by atoms with Crippen molar-refractivity contribution in [2.75, 3.05) is 12.3 Å². The number of hydrogen-bond donors (Lipinski definition) is 2. The van der Waals surface area contributed by atoms with Crippen molar-refractivity contribution in [1.82, 2.24) is 4.72 Å². The van der Waals surface area contributed by atoms with Crippen LogP contribution in [0.3, 0.4) is 0 Å². The van der Waals surface area contributed by atoms with Crippen molar-refractivity contribution >= 4 is 15.7 Å². The van der Waals surface area contributed by atoms with E-state index in [9.17, 15) is 12.8 Å². The predicted molar refractivity (Wildman–Crippen MR) is 72.5 cm³/mol. The SMILES string of the molecule is CC1CCCC1CNS(=O)(=O)c1cc(N)cc(F)c1. The van der Waals surface area contributed by atoms with Gasteiger partial charge >= 0.3 is 0 Å². The molecule has 2 atom stereocenters. The van der Waals surface area contributed by atoms with Gasteiger partial charge in [0, 0.05) is 12.2 Å². The molecular formula is C13H19FN2O2S. The summed E-state index contributed by atoms with van der Waals surface area (Å²) in [5.41, 5.74) is 5.57. The normalized spacial score (nSPS) is 23.7. The summed E-state index contributed by atoms with van der Waals surface area (Å²) in [6, 6.07) is 3.35. The molecule has 0 bridgehead atoms. The highest BCUT2D eigenvalue weighted by Crippen LogP contribution is 2.30. The number of nitrogens with two attached hydrogens (primary N) is 1. The maximum Gasteiger partial charge on any atom is 0.240 e. The van der Waals surface area contributed by atoms with E-state index in [2.05, 4.69) is 11.6 Å². The van der Waals surface area contributed by atoms with E-state index in [-0.39, 0.29) is 10.6 Å². The number of nitrogen functional groups attached to an aromatic ring is 1. The summed E-state index contributed by atoms with van der Waals surface area (Å²) in [5.74, 6) is 0.246. The Morgan fingerprint density at radius 3 is 2.68 bits per heavy atom. The first-order valence-corrected chi connectivity index (χ1v) is 7.92. The molecule has 0 spiro atoms. The van der Waals surface area contributed by atoms with Crippen LogP contribution in [0.1, 0.15) is 26.2 Å². The van der Waals surface area contributed by atoms with Gasteiger partial charge < -0.3 is 5.73 Å². The zero-order valence-corrected chi connectivity index (χ0v) is 11.7. The van der Waals surface area contributed by atoms with Crippen LogP contribution in [0.15, 0.2) is 23.1 Å². The van der Waals surface area contributed by atoms with Crippen molar-refractivity contribution < 1.29 is 12.8 Å². The summed E-state index contributed by atoms with van der Waals surface area (Å²) in [6.07, 6.45) is 3.31. The maximum absolute atomic E-state index is 13.2. The molecule has 0 heterocycles. The second kappa shape index (κ2) is 5.46. The molecule has 1 fully saturated rings. The average molecular weight is 286 g/mol. The van der Waals surface area contributed by atoms with E-state index in [0.717, 1.165) is 31.4 Å². The van der Waals surface area contributed by atoms with Gasteiger partial charge in [-0.1, -0.05) is 19.8 Å². The van der Waals surface area contributed by atoms with E-state index in [1.807, 2.05) is 0 Å². The summed E-state index contributed by atoms with van der Waals surface area (Å²) in [5, 5.41) is 0. The van der Waals surface area contributed by atoms with Gasteiger partial charge in [0.15, 0.2) is 0 Å². The standard InChI is InChI=1S/C13H19FN2O2S/c1-9-3-2-4-10(9)8-16-19(17,18)13-6-11(14)5-12(15)7-13/h5-7,9-10,16H,2-4,8,15H2,1H3. The molecule has 1 saturated carbocycles. The number of nitrogens with one attached hydrogen (secondary N) is 1. The van der Waals surface area contributed by atoms with E-state index >= 15 is 0 Å². The Morgan fingerprint density at radius 2 is 2.11 bits per heavy atom. The molecule has 0 saturated heterocycles. The van der Waals surface area contributed by atoms with Crippen LogP contribution in [0.25, 0.3) is 0 Å². The molecule has 0 aliphatic heterocycles. The van der Waals surface area contributed by atoms with E-state index in [0.29, 0.717) is 18.4 Å². The minimum absolute atomic E-state index is 0.106. The van der Waals surface area contributed by atoms with Crippen LogP contribution >= 0.6 is 0 Å². The van der Waals surface area contributed by atoms with Crippen LogP contribution in [-0.4, -0.2) is 15.0 Å². The molecule has 2 rings (SSSR count). The van der Waals surface area contributed by atoms with Gasteiger partial charge in [-0.3, -0.25) is 0 Å². The summed E-state index contributed by atoms with van der Waals surface area (Å²) >= 11 is 0. The van der Waals surface area contributed by atoms with Crippen molar-refractivity contribution in [3.63, 3.8) is 0 Å². The van der Waals surface area contributed by atoms with Crippen LogP contribution in [0.4, 0.5) is 10.1 Å². The highest BCUT2D eigenvalue weighted by Gasteiger charge is 2.25. The smallest absolute Gasteiger partial charge is 0.240 e. The van der Waals surface area contributed by atoms with E-state index < -0.39 is 15.8 Å². The van der Waals surface area contributed by atoms with Crippen LogP contribution < -0.4 is 10.5 Å². The van der Waals surface area contributed by atoms with Crippen molar-refractivity contribution in [1.29, 1.82) is 0 Å². The molecule has 1 aromatic carbocycles. The van der Waals surface area contributed by atoms with Crippen LogP contribution in [0.5, 0.6) is 0 Å². The molecular weight excluding hydrogens is 267 g/mol. The highest BCUT2D eigenvalue weighted by molar-refractivity contribution is 7.89. The fourth-order valence-corrected chi connectivity index (χ4v) is 3.72. The topological polar surface area (TPSA) is 72.2 Å². The fourth-order valence-electron chi connectivity index (χ4n) is 2.57. The molecule has 1 aliphatic rings. The van der Waals surface area contributed by atoms with Crippen LogP contribution in [-0.2, 0) is 10.0 Å². The molecule has 4 nitrogen and oxygen atoms in total. The Hall–Kier alpha value is -1.14. The number of sulfonamides is 1. The van der Waals surface area contributed by atoms with Gasteiger partial charge in [-0.05, 0) is 36.5 Å². The molecule has 1 aliphatic carbocycles. The lowest BCUT2D eigenvalue weighted by atomic mass is 9.99. The van der Waals surface area contributed by atoms with E-state index in [1.165, 1.54) is 6.07 Å². The number of rotatable bonds is 4. The number of benzene rings is 1. The minimum atomic E-state index is -3.69. The van der Waals surface area contributed by atoms with Gasteiger partial charge in [-0.15, -0.1) is 0 Å². The van der Waals surface area contributed by atoms with E-state index in [4.69, 9.17) is 5.73 Å². The van der Waals surface area contributed by atoms with Crippen molar-refractivity contribution in [3.8, 4) is 0 Å². The second-order valence-electron chi connectivity index (χ2n) is 5.24. The van der Waals surface area contributed by atoms with Gasteiger partial charge in [0.1, 0.15) is 5.82 Å². The molecule has 1 aromatic rings. The summed E-state index contributed by atoms with van der Waals surface area (Å²) in [4.78, 5) is -0.115. The van der Waals surface area contributed by atoms with Gasteiger partial charge in [-0.2, -0.15) is 0 Å². The molecule has 2 unspecified atom stereocenters. The molecule has 106 valence electrons. The van der Waals surface area contributed by atoms with Crippen molar-refractivity contribution in [3.05, 3.63) is 24.0 Å². The molecule has 19 heavy (non-hydrogen) atoms. The molecule has 0 amide bonds. The molecule has 3 N–H and O–H groups in total. The second-order valence-corrected chi connectivity index (χ2v) is 7.01. The van der Waals surface area contributed by atoms with Crippen LogP contribution in [0, 0.1) is 17.7 Å². The number of anilines is 1. The van der Waals surface area contributed by atoms with Crippen molar-refractivity contribution in [2.24, 2.45) is 11.8 Å². The number of hydrogen-bond acceptors (Lipinski definition) is 3. The quantitative estimate of drug-likeness (QED) is 0.833. The largest absolute Gasteiger partial charge is 0.399 e. The first-order chi connectivity index (χ1) is 8.88. The monoisotopic (exact) mass is 286 g/mol. The Labute approximate surface area is 113 Å². The Balaban J connectivity index is 2.09. The average Bonchev–Trinajstić information content (AvgIpc) is 2.71. The third kappa shape index (κ3) is 3.45. The third-order valence-electron chi connectivity index (χ3n) is 3.78. The van der Waals surface area contributed by atoms with Gasteiger partial charge in [0.25, 0.3) is 0 Å². The van der Waals surface area contributed by atoms with E-state index in [1.54, 1.807) is 0 Å². The summed E-state index contributed by atoms with van der Waals surface area (Å²) < 4.78 is 39.9. The molecule has 0 aromatic heterocycles.